The van der Waals surface area contributed by atoms with E-state index >= 15 is 0 Å². The maximum absolute atomic E-state index is 5.23. The van der Waals surface area contributed by atoms with Crippen molar-refractivity contribution in [3.8, 4) is 0 Å². The predicted molar refractivity (Wildman–Crippen MR) is 45.1 cm³/mol. The Kier molecular flexibility index (Phi) is 2.75. The lowest BCUT2D eigenvalue weighted by Gasteiger charge is -2.06. The number of aromatic nitrogens is 2. The zero-order valence-corrected chi connectivity index (χ0v) is 7.35. The molecule has 5 nitrogen and oxygen atoms in total. The molecule has 0 radical (unpaired) electrons. The van der Waals surface area contributed by atoms with Gasteiger partial charge in [0.25, 0.3) is 0 Å². The molecule has 0 aliphatic heterocycles. The highest BCUT2D eigenvalue weighted by molar-refractivity contribution is 7.10. The van der Waals surface area contributed by atoms with Crippen molar-refractivity contribution < 1.29 is 0 Å². The van der Waals surface area contributed by atoms with Gasteiger partial charge in [-0.3, -0.25) is 0 Å². The van der Waals surface area contributed by atoms with Gasteiger partial charge in [0.2, 0.25) is 0 Å². The minimum atomic E-state index is 0.760. The van der Waals surface area contributed by atoms with Crippen LogP contribution in [0.4, 0.5) is 5.00 Å². The van der Waals surface area contributed by atoms with Crippen LogP contribution < -0.4 is 11.3 Å². The molecule has 62 valence electrons. The van der Waals surface area contributed by atoms with Crippen molar-refractivity contribution in [3.63, 3.8) is 0 Å². The Bertz CT molecular complexity index is 220. The van der Waals surface area contributed by atoms with Gasteiger partial charge in [-0.05, 0) is 14.1 Å². The van der Waals surface area contributed by atoms with E-state index in [4.69, 9.17) is 5.84 Å². The van der Waals surface area contributed by atoms with E-state index in [0.29, 0.717) is 0 Å². The Labute approximate surface area is 69.3 Å². The van der Waals surface area contributed by atoms with Crippen molar-refractivity contribution in [3.05, 3.63) is 5.69 Å². The van der Waals surface area contributed by atoms with Crippen molar-refractivity contribution in [1.29, 1.82) is 0 Å². The molecule has 0 aliphatic carbocycles. The minimum absolute atomic E-state index is 0.760. The average Bonchev–Trinajstić information content (AvgIpc) is 2.34. The van der Waals surface area contributed by atoms with Crippen molar-refractivity contribution >= 4 is 16.5 Å². The third-order valence-electron chi connectivity index (χ3n) is 1.15. The second-order valence-corrected chi connectivity index (χ2v) is 3.18. The maximum atomic E-state index is 5.23. The molecular formula is C5H11N5S. The fourth-order valence-corrected chi connectivity index (χ4v) is 1.21. The molecule has 0 bridgehead atoms. The quantitative estimate of drug-likeness (QED) is 0.493. The second-order valence-electron chi connectivity index (χ2n) is 2.43. The molecule has 0 aliphatic rings. The molecule has 0 saturated heterocycles. The number of nitrogen functional groups attached to an aromatic ring is 1. The van der Waals surface area contributed by atoms with Gasteiger partial charge in [0, 0.05) is 18.1 Å². The van der Waals surface area contributed by atoms with E-state index in [1.54, 1.807) is 0 Å². The summed E-state index contributed by atoms with van der Waals surface area (Å²) in [6.45, 7) is 0.760. The largest absolute Gasteiger partial charge is 0.313 e. The summed E-state index contributed by atoms with van der Waals surface area (Å²) < 4.78 is 3.77. The summed E-state index contributed by atoms with van der Waals surface area (Å²) in [4.78, 5) is 2.01. The zero-order valence-electron chi connectivity index (χ0n) is 6.53. The normalized spacial score (nSPS) is 10.5. The standard InChI is InChI=1S/C5H11N5S/c1-10(2)3-4-5(7-6)11-9-8-4/h7H,3,6H2,1-2H3. The number of hydrazine groups is 1. The first-order chi connectivity index (χ1) is 5.24. The van der Waals surface area contributed by atoms with Crippen molar-refractivity contribution in [2.24, 2.45) is 5.84 Å². The molecular weight excluding hydrogens is 162 g/mol. The van der Waals surface area contributed by atoms with Crippen molar-refractivity contribution in [2.45, 2.75) is 6.54 Å². The van der Waals surface area contributed by atoms with E-state index in [1.165, 1.54) is 11.5 Å². The van der Waals surface area contributed by atoms with Gasteiger partial charge in [0.15, 0.2) is 0 Å². The summed E-state index contributed by atoms with van der Waals surface area (Å²) in [5.41, 5.74) is 3.44. The van der Waals surface area contributed by atoms with Gasteiger partial charge in [-0.15, -0.1) is 5.10 Å². The van der Waals surface area contributed by atoms with E-state index in [2.05, 4.69) is 15.0 Å². The molecule has 0 aromatic carbocycles. The van der Waals surface area contributed by atoms with E-state index in [-0.39, 0.29) is 0 Å². The van der Waals surface area contributed by atoms with Gasteiger partial charge >= 0.3 is 0 Å². The molecule has 6 heteroatoms. The highest BCUT2D eigenvalue weighted by Gasteiger charge is 2.06. The fourth-order valence-electron chi connectivity index (χ4n) is 0.721. The van der Waals surface area contributed by atoms with Crippen LogP contribution in [0.1, 0.15) is 5.69 Å². The lowest BCUT2D eigenvalue weighted by atomic mass is 10.4. The number of nitrogens with zero attached hydrogens (tertiary/aromatic N) is 3. The van der Waals surface area contributed by atoms with Crippen LogP contribution in [0.5, 0.6) is 0 Å². The lowest BCUT2D eigenvalue weighted by molar-refractivity contribution is 0.397. The van der Waals surface area contributed by atoms with E-state index in [1.807, 2.05) is 19.0 Å². The Morgan fingerprint density at radius 3 is 2.91 bits per heavy atom. The SMILES string of the molecule is CN(C)Cc1nnsc1NN. The highest BCUT2D eigenvalue weighted by atomic mass is 32.1. The zero-order chi connectivity index (χ0) is 8.27. The van der Waals surface area contributed by atoms with Crippen LogP contribution >= 0.6 is 11.5 Å². The molecule has 0 unspecified atom stereocenters. The summed E-state index contributed by atoms with van der Waals surface area (Å²) in [6.07, 6.45) is 0. The van der Waals surface area contributed by atoms with Crippen molar-refractivity contribution in [1.82, 2.24) is 14.5 Å². The first-order valence-corrected chi connectivity index (χ1v) is 3.94. The van der Waals surface area contributed by atoms with Crippen molar-refractivity contribution in [2.75, 3.05) is 19.5 Å². The second kappa shape index (κ2) is 3.61. The summed E-state index contributed by atoms with van der Waals surface area (Å²) in [5.74, 6) is 5.23. The number of rotatable bonds is 3. The van der Waals surface area contributed by atoms with E-state index in [0.717, 1.165) is 17.2 Å². The fraction of sp³-hybridized carbons (Fsp3) is 0.600. The van der Waals surface area contributed by atoms with Crippen LogP contribution in [-0.2, 0) is 6.54 Å². The summed E-state index contributed by atoms with van der Waals surface area (Å²) in [6, 6.07) is 0. The first-order valence-electron chi connectivity index (χ1n) is 3.16. The topological polar surface area (TPSA) is 67.1 Å². The van der Waals surface area contributed by atoms with Gasteiger partial charge in [0.05, 0.1) is 0 Å². The van der Waals surface area contributed by atoms with Gasteiger partial charge in [-0.25, -0.2) is 5.84 Å². The molecule has 0 amide bonds. The first kappa shape index (κ1) is 8.38. The minimum Gasteiger partial charge on any atom is -0.313 e. The van der Waals surface area contributed by atoms with Crippen LogP contribution in [0.25, 0.3) is 0 Å². The van der Waals surface area contributed by atoms with Crippen LogP contribution in [0.15, 0.2) is 0 Å². The summed E-state index contributed by atoms with van der Waals surface area (Å²) >= 11 is 1.27. The Morgan fingerprint density at radius 1 is 1.64 bits per heavy atom. The smallest absolute Gasteiger partial charge is 0.148 e. The molecule has 3 N–H and O–H groups in total. The molecule has 1 rings (SSSR count). The summed E-state index contributed by atoms with van der Waals surface area (Å²) in [7, 11) is 3.94. The van der Waals surface area contributed by atoms with Crippen LogP contribution in [-0.4, -0.2) is 28.6 Å². The molecule has 0 spiro atoms. The van der Waals surface area contributed by atoms with E-state index in [9.17, 15) is 0 Å². The molecule has 1 aromatic heterocycles. The molecule has 0 saturated carbocycles. The predicted octanol–water partition coefficient (Wildman–Crippen LogP) is -0.115. The Hall–Kier alpha value is -0.720. The highest BCUT2D eigenvalue weighted by Crippen LogP contribution is 2.16. The van der Waals surface area contributed by atoms with Gasteiger partial charge in [-0.2, -0.15) is 0 Å². The monoisotopic (exact) mass is 173 g/mol. The summed E-state index contributed by atoms with van der Waals surface area (Å²) in [5, 5.41) is 4.74. The molecule has 0 atom stereocenters. The van der Waals surface area contributed by atoms with Gasteiger partial charge < -0.3 is 10.3 Å². The molecule has 1 aromatic rings. The number of nitrogens with one attached hydrogen (secondary N) is 1. The number of hydrogen-bond donors (Lipinski definition) is 2. The number of anilines is 1. The van der Waals surface area contributed by atoms with Crippen LogP contribution in [0, 0.1) is 0 Å². The molecule has 0 fully saturated rings. The lowest BCUT2D eigenvalue weighted by Crippen LogP contribution is -2.14. The number of hydrogen-bond acceptors (Lipinski definition) is 6. The Balaban J connectivity index is 2.68. The third kappa shape index (κ3) is 2.11. The van der Waals surface area contributed by atoms with Crippen LogP contribution in [0.3, 0.4) is 0 Å². The average molecular weight is 173 g/mol. The Morgan fingerprint density at radius 2 is 2.36 bits per heavy atom. The van der Waals surface area contributed by atoms with E-state index < -0.39 is 0 Å². The molecule has 1 heterocycles. The van der Waals surface area contributed by atoms with Gasteiger partial charge in [-0.1, -0.05) is 4.49 Å². The van der Waals surface area contributed by atoms with Gasteiger partial charge in [0.1, 0.15) is 10.7 Å². The maximum Gasteiger partial charge on any atom is 0.148 e. The molecule has 11 heavy (non-hydrogen) atoms. The third-order valence-corrected chi connectivity index (χ3v) is 1.85. The van der Waals surface area contributed by atoms with Crippen LogP contribution in [0.2, 0.25) is 0 Å². The number of nitrogens with two attached hydrogens (primary N) is 1.